The number of nitrogens with zero attached hydrogens (tertiary/aromatic N) is 2. The van der Waals surface area contributed by atoms with Gasteiger partial charge in [-0.3, -0.25) is 14.2 Å². The van der Waals surface area contributed by atoms with Gasteiger partial charge in [-0.15, -0.1) is 6.58 Å². The summed E-state index contributed by atoms with van der Waals surface area (Å²) < 4.78 is 1.55. The molecule has 0 bridgehead atoms. The Bertz CT molecular complexity index is 922. The molecule has 1 saturated carbocycles. The normalized spacial score (nSPS) is 16.1. The van der Waals surface area contributed by atoms with Crippen LogP contribution < -0.4 is 10.9 Å². The number of hydrogen-bond acceptors (Lipinski definition) is 4. The summed E-state index contributed by atoms with van der Waals surface area (Å²) in [5.74, 6) is 0.552. The second-order valence-corrected chi connectivity index (χ2v) is 9.01. The van der Waals surface area contributed by atoms with Crippen molar-refractivity contribution in [3.63, 3.8) is 0 Å². The molecule has 150 valence electrons. The number of halogens is 1. The van der Waals surface area contributed by atoms with E-state index in [0.717, 1.165) is 6.54 Å². The van der Waals surface area contributed by atoms with E-state index >= 15 is 0 Å². The SMILES string of the molecule is C=CCn1c(SC(C)C(=O)NCC2CCCCC2)nc2cc(Cl)ccc2c1=O. The van der Waals surface area contributed by atoms with Gasteiger partial charge in [0, 0.05) is 18.1 Å². The highest BCUT2D eigenvalue weighted by molar-refractivity contribution is 8.00. The van der Waals surface area contributed by atoms with Crippen LogP contribution in [0.15, 0.2) is 40.8 Å². The topological polar surface area (TPSA) is 64.0 Å². The minimum atomic E-state index is -0.358. The lowest BCUT2D eigenvalue weighted by atomic mass is 9.89. The van der Waals surface area contributed by atoms with Crippen molar-refractivity contribution >= 4 is 40.2 Å². The van der Waals surface area contributed by atoms with Gasteiger partial charge in [0.25, 0.3) is 5.56 Å². The molecule has 0 spiro atoms. The molecule has 1 amide bonds. The number of carbonyl (C=O) groups is 1. The van der Waals surface area contributed by atoms with Crippen molar-refractivity contribution in [2.75, 3.05) is 6.54 Å². The first-order chi connectivity index (χ1) is 13.5. The molecule has 1 aliphatic rings. The Kier molecular flexibility index (Phi) is 7.18. The molecule has 1 aliphatic carbocycles. The van der Waals surface area contributed by atoms with Crippen LogP contribution in [-0.2, 0) is 11.3 Å². The zero-order valence-corrected chi connectivity index (χ0v) is 17.7. The molecule has 28 heavy (non-hydrogen) atoms. The van der Waals surface area contributed by atoms with Gasteiger partial charge >= 0.3 is 0 Å². The Balaban J connectivity index is 1.77. The zero-order valence-electron chi connectivity index (χ0n) is 16.1. The van der Waals surface area contributed by atoms with Crippen molar-refractivity contribution in [2.24, 2.45) is 5.92 Å². The fraction of sp³-hybridized carbons (Fsp3) is 0.476. The van der Waals surface area contributed by atoms with Crippen molar-refractivity contribution in [1.29, 1.82) is 0 Å². The molecule has 1 fully saturated rings. The lowest BCUT2D eigenvalue weighted by Gasteiger charge is -2.22. The smallest absolute Gasteiger partial charge is 0.262 e. The van der Waals surface area contributed by atoms with Crippen LogP contribution in [0.25, 0.3) is 10.9 Å². The van der Waals surface area contributed by atoms with Crippen LogP contribution in [0.5, 0.6) is 0 Å². The van der Waals surface area contributed by atoms with E-state index in [0.29, 0.717) is 33.5 Å². The van der Waals surface area contributed by atoms with Gasteiger partial charge in [-0.25, -0.2) is 4.98 Å². The number of nitrogens with one attached hydrogen (secondary N) is 1. The first-order valence-corrected chi connectivity index (χ1v) is 11.0. The maximum Gasteiger partial charge on any atom is 0.262 e. The Hall–Kier alpha value is -1.79. The molecule has 0 radical (unpaired) electrons. The van der Waals surface area contributed by atoms with Crippen LogP contribution in [0.4, 0.5) is 0 Å². The fourth-order valence-corrected chi connectivity index (χ4v) is 4.65. The largest absolute Gasteiger partial charge is 0.355 e. The Morgan fingerprint density at radius 2 is 2.18 bits per heavy atom. The summed E-state index contributed by atoms with van der Waals surface area (Å²) in [6.07, 6.45) is 7.84. The molecule has 2 aromatic rings. The van der Waals surface area contributed by atoms with E-state index in [-0.39, 0.29) is 16.7 Å². The summed E-state index contributed by atoms with van der Waals surface area (Å²) in [7, 11) is 0. The lowest BCUT2D eigenvalue weighted by Crippen LogP contribution is -2.35. The molecule has 1 heterocycles. The van der Waals surface area contributed by atoms with E-state index in [1.165, 1.54) is 43.9 Å². The molecule has 1 aromatic carbocycles. The van der Waals surface area contributed by atoms with Gasteiger partial charge in [0.2, 0.25) is 5.91 Å². The molecular weight excluding hydrogens is 394 g/mol. The van der Waals surface area contributed by atoms with Crippen molar-refractivity contribution in [2.45, 2.75) is 56.0 Å². The number of benzene rings is 1. The summed E-state index contributed by atoms with van der Waals surface area (Å²) in [5.41, 5.74) is 0.383. The van der Waals surface area contributed by atoms with Crippen molar-refractivity contribution < 1.29 is 4.79 Å². The average molecular weight is 420 g/mol. The second kappa shape index (κ2) is 9.61. The summed E-state index contributed by atoms with van der Waals surface area (Å²) in [5, 5.41) is 4.24. The Morgan fingerprint density at radius 3 is 2.89 bits per heavy atom. The molecule has 1 unspecified atom stereocenters. The van der Waals surface area contributed by atoms with Gasteiger partial charge in [-0.1, -0.05) is 48.7 Å². The number of fused-ring (bicyclic) bond motifs is 1. The van der Waals surface area contributed by atoms with Crippen molar-refractivity contribution in [3.8, 4) is 0 Å². The van der Waals surface area contributed by atoms with Crippen LogP contribution in [0.1, 0.15) is 39.0 Å². The highest BCUT2D eigenvalue weighted by atomic mass is 35.5. The average Bonchev–Trinajstić information content (AvgIpc) is 2.69. The third-order valence-corrected chi connectivity index (χ3v) is 6.46. The van der Waals surface area contributed by atoms with Crippen molar-refractivity contribution in [1.82, 2.24) is 14.9 Å². The summed E-state index contributed by atoms with van der Waals surface area (Å²) >= 11 is 7.35. The highest BCUT2D eigenvalue weighted by Crippen LogP contribution is 2.25. The summed E-state index contributed by atoms with van der Waals surface area (Å²) in [6, 6.07) is 5.04. The van der Waals surface area contributed by atoms with Gasteiger partial charge in [0.15, 0.2) is 5.16 Å². The number of carbonyl (C=O) groups excluding carboxylic acids is 1. The Morgan fingerprint density at radius 1 is 1.43 bits per heavy atom. The fourth-order valence-electron chi connectivity index (χ4n) is 3.55. The quantitative estimate of drug-likeness (QED) is 0.410. The highest BCUT2D eigenvalue weighted by Gasteiger charge is 2.21. The van der Waals surface area contributed by atoms with Crippen molar-refractivity contribution in [3.05, 3.63) is 46.2 Å². The van der Waals surface area contributed by atoms with E-state index in [1.807, 2.05) is 6.92 Å². The first-order valence-electron chi connectivity index (χ1n) is 9.75. The molecule has 1 atom stereocenters. The molecule has 0 saturated heterocycles. The zero-order chi connectivity index (χ0) is 20.1. The van der Waals surface area contributed by atoms with Crippen LogP contribution in [0, 0.1) is 5.92 Å². The minimum absolute atomic E-state index is 0.0267. The number of aromatic nitrogens is 2. The number of allylic oxidation sites excluding steroid dienone is 1. The molecule has 1 N–H and O–H groups in total. The van der Waals surface area contributed by atoms with Gasteiger partial charge < -0.3 is 5.32 Å². The predicted molar refractivity (Wildman–Crippen MR) is 116 cm³/mol. The van der Waals surface area contributed by atoms with E-state index < -0.39 is 0 Å². The maximum atomic E-state index is 12.9. The minimum Gasteiger partial charge on any atom is -0.355 e. The molecule has 3 rings (SSSR count). The third kappa shape index (κ3) is 4.97. The third-order valence-electron chi connectivity index (χ3n) is 5.14. The van der Waals surface area contributed by atoms with E-state index in [2.05, 4.69) is 16.9 Å². The first kappa shape index (κ1) is 20.9. The summed E-state index contributed by atoms with van der Waals surface area (Å²) in [6.45, 7) is 6.63. The van der Waals surface area contributed by atoms with Crippen LogP contribution >= 0.6 is 23.4 Å². The van der Waals surface area contributed by atoms with Gasteiger partial charge in [-0.05, 0) is 43.9 Å². The van der Waals surface area contributed by atoms with E-state index in [4.69, 9.17) is 11.6 Å². The van der Waals surface area contributed by atoms with E-state index in [1.54, 1.807) is 28.8 Å². The number of thioether (sulfide) groups is 1. The predicted octanol–water partition coefficient (Wildman–Crippen LogP) is 4.41. The van der Waals surface area contributed by atoms with Gasteiger partial charge in [0.1, 0.15) is 0 Å². The van der Waals surface area contributed by atoms with Gasteiger partial charge in [-0.2, -0.15) is 0 Å². The molecule has 7 heteroatoms. The molecule has 1 aromatic heterocycles. The molecular formula is C21H26ClN3O2S. The monoisotopic (exact) mass is 419 g/mol. The maximum absolute atomic E-state index is 12.9. The number of rotatable bonds is 7. The molecule has 0 aliphatic heterocycles. The lowest BCUT2D eigenvalue weighted by molar-refractivity contribution is -0.120. The number of amides is 1. The van der Waals surface area contributed by atoms with Gasteiger partial charge in [0.05, 0.1) is 16.2 Å². The Labute approximate surface area is 174 Å². The van der Waals surface area contributed by atoms with Crippen LogP contribution in [0.3, 0.4) is 0 Å². The number of hydrogen-bond donors (Lipinski definition) is 1. The van der Waals surface area contributed by atoms with Crippen LogP contribution in [-0.4, -0.2) is 27.3 Å². The standard InChI is InChI=1S/C21H26ClN3O2S/c1-3-11-25-20(27)17-10-9-16(22)12-18(17)24-21(25)28-14(2)19(26)23-13-15-7-5-4-6-8-15/h3,9-10,12,14-15H,1,4-8,11,13H2,2H3,(H,23,26). The van der Waals surface area contributed by atoms with E-state index in [9.17, 15) is 9.59 Å². The molecule has 5 nitrogen and oxygen atoms in total. The second-order valence-electron chi connectivity index (χ2n) is 7.27. The van der Waals surface area contributed by atoms with Crippen LogP contribution in [0.2, 0.25) is 5.02 Å². The summed E-state index contributed by atoms with van der Waals surface area (Å²) in [4.78, 5) is 30.0.